The summed E-state index contributed by atoms with van der Waals surface area (Å²) in [6.07, 6.45) is 1.49. The van der Waals surface area contributed by atoms with E-state index in [0.29, 0.717) is 11.3 Å². The van der Waals surface area contributed by atoms with Gasteiger partial charge in [-0.05, 0) is 48.0 Å². The Morgan fingerprint density at radius 2 is 1.83 bits per heavy atom. The SMILES string of the molecule is CN(Cc1cccc(Cl)c1NC(=O)c1ccccn1)S(=O)(=O)c1ccc(F)cc1. The number of para-hydroxylation sites is 1. The minimum absolute atomic E-state index is 0.0394. The lowest BCUT2D eigenvalue weighted by atomic mass is 10.1. The highest BCUT2D eigenvalue weighted by molar-refractivity contribution is 7.89. The van der Waals surface area contributed by atoms with Crippen molar-refractivity contribution >= 4 is 33.2 Å². The van der Waals surface area contributed by atoms with Gasteiger partial charge in [-0.2, -0.15) is 4.31 Å². The van der Waals surface area contributed by atoms with Crippen LogP contribution in [0, 0.1) is 5.82 Å². The zero-order valence-electron chi connectivity index (χ0n) is 15.3. The molecular formula is C20H17ClFN3O3S. The normalized spacial score (nSPS) is 11.4. The average Bonchev–Trinajstić information content (AvgIpc) is 2.71. The van der Waals surface area contributed by atoms with E-state index in [-0.39, 0.29) is 22.2 Å². The highest BCUT2D eigenvalue weighted by atomic mass is 35.5. The number of amides is 1. The van der Waals surface area contributed by atoms with E-state index in [4.69, 9.17) is 11.6 Å². The number of rotatable bonds is 6. The number of carbonyl (C=O) groups is 1. The summed E-state index contributed by atoms with van der Waals surface area (Å²) >= 11 is 6.25. The number of aromatic nitrogens is 1. The number of halogens is 2. The zero-order chi connectivity index (χ0) is 21.0. The third-order valence-electron chi connectivity index (χ3n) is 4.15. The van der Waals surface area contributed by atoms with Crippen molar-refractivity contribution in [1.82, 2.24) is 9.29 Å². The van der Waals surface area contributed by atoms with Crippen LogP contribution in [0.3, 0.4) is 0 Å². The molecule has 6 nitrogen and oxygen atoms in total. The molecule has 2 aromatic carbocycles. The molecule has 29 heavy (non-hydrogen) atoms. The summed E-state index contributed by atoms with van der Waals surface area (Å²) in [6, 6.07) is 14.4. The second kappa shape index (κ2) is 8.69. The van der Waals surface area contributed by atoms with Crippen LogP contribution in [0.5, 0.6) is 0 Å². The van der Waals surface area contributed by atoms with Gasteiger partial charge in [-0.3, -0.25) is 9.78 Å². The maximum Gasteiger partial charge on any atom is 0.274 e. The van der Waals surface area contributed by atoms with E-state index < -0.39 is 21.7 Å². The van der Waals surface area contributed by atoms with Crippen LogP contribution in [0.15, 0.2) is 71.8 Å². The number of hydrogen-bond acceptors (Lipinski definition) is 4. The molecule has 1 heterocycles. The van der Waals surface area contributed by atoms with E-state index in [1.54, 1.807) is 36.4 Å². The third kappa shape index (κ3) is 4.79. The van der Waals surface area contributed by atoms with Gasteiger partial charge < -0.3 is 5.32 Å². The molecule has 0 atom stereocenters. The smallest absolute Gasteiger partial charge is 0.274 e. The quantitative estimate of drug-likeness (QED) is 0.638. The minimum atomic E-state index is -3.87. The average molecular weight is 434 g/mol. The van der Waals surface area contributed by atoms with Crippen molar-refractivity contribution in [2.24, 2.45) is 0 Å². The van der Waals surface area contributed by atoms with Gasteiger partial charge in [0.2, 0.25) is 10.0 Å². The molecule has 1 amide bonds. The van der Waals surface area contributed by atoms with Gasteiger partial charge in [0, 0.05) is 19.8 Å². The van der Waals surface area contributed by atoms with E-state index in [1.807, 2.05) is 0 Å². The molecule has 9 heteroatoms. The van der Waals surface area contributed by atoms with Crippen LogP contribution in [0.4, 0.5) is 10.1 Å². The topological polar surface area (TPSA) is 79.4 Å². The number of hydrogen-bond donors (Lipinski definition) is 1. The number of sulfonamides is 1. The summed E-state index contributed by atoms with van der Waals surface area (Å²) in [6.45, 7) is -0.0574. The molecule has 0 bridgehead atoms. The van der Waals surface area contributed by atoms with Gasteiger partial charge in [0.15, 0.2) is 0 Å². The van der Waals surface area contributed by atoms with E-state index in [2.05, 4.69) is 10.3 Å². The van der Waals surface area contributed by atoms with Crippen molar-refractivity contribution in [3.8, 4) is 0 Å². The Morgan fingerprint density at radius 3 is 2.48 bits per heavy atom. The molecule has 0 aliphatic carbocycles. The number of benzene rings is 2. The lowest BCUT2D eigenvalue weighted by Gasteiger charge is -2.20. The van der Waals surface area contributed by atoms with E-state index in [1.165, 1.54) is 25.4 Å². The number of nitrogens with one attached hydrogen (secondary N) is 1. The largest absolute Gasteiger partial charge is 0.319 e. The molecule has 0 spiro atoms. The first kappa shape index (κ1) is 20.9. The molecule has 3 rings (SSSR count). The van der Waals surface area contributed by atoms with E-state index in [0.717, 1.165) is 16.4 Å². The van der Waals surface area contributed by atoms with Gasteiger partial charge in [0.1, 0.15) is 11.5 Å². The fourth-order valence-electron chi connectivity index (χ4n) is 2.63. The van der Waals surface area contributed by atoms with Crippen LogP contribution in [0.25, 0.3) is 0 Å². The number of carbonyl (C=O) groups excluding carboxylic acids is 1. The number of anilines is 1. The van der Waals surface area contributed by atoms with Crippen molar-refractivity contribution in [3.63, 3.8) is 0 Å². The summed E-state index contributed by atoms with van der Waals surface area (Å²) in [5, 5.41) is 2.96. The van der Waals surface area contributed by atoms with Gasteiger partial charge in [-0.15, -0.1) is 0 Å². The highest BCUT2D eigenvalue weighted by Gasteiger charge is 2.23. The molecule has 150 valence electrons. The monoisotopic (exact) mass is 433 g/mol. The molecule has 0 aliphatic heterocycles. The molecule has 0 radical (unpaired) electrons. The lowest BCUT2D eigenvalue weighted by Crippen LogP contribution is -2.27. The molecule has 0 saturated carbocycles. The van der Waals surface area contributed by atoms with Crippen molar-refractivity contribution in [2.45, 2.75) is 11.4 Å². The molecule has 1 N–H and O–H groups in total. The lowest BCUT2D eigenvalue weighted by molar-refractivity contribution is 0.102. The van der Waals surface area contributed by atoms with Crippen LogP contribution < -0.4 is 5.32 Å². The number of pyridine rings is 1. The molecule has 1 aromatic heterocycles. The van der Waals surface area contributed by atoms with Crippen molar-refractivity contribution in [2.75, 3.05) is 12.4 Å². The molecule has 0 fully saturated rings. The van der Waals surface area contributed by atoms with Crippen LogP contribution >= 0.6 is 11.6 Å². The summed E-state index contributed by atoms with van der Waals surface area (Å²) in [7, 11) is -2.47. The number of nitrogens with zero attached hydrogens (tertiary/aromatic N) is 2. The van der Waals surface area contributed by atoms with Crippen molar-refractivity contribution in [1.29, 1.82) is 0 Å². The van der Waals surface area contributed by atoms with E-state index in [9.17, 15) is 17.6 Å². The first-order valence-electron chi connectivity index (χ1n) is 8.50. The first-order chi connectivity index (χ1) is 13.8. The molecular weight excluding hydrogens is 417 g/mol. The van der Waals surface area contributed by atoms with Crippen LogP contribution in [-0.2, 0) is 16.6 Å². The zero-order valence-corrected chi connectivity index (χ0v) is 16.9. The van der Waals surface area contributed by atoms with Crippen LogP contribution in [-0.4, -0.2) is 30.7 Å². The Hall–Kier alpha value is -2.81. The summed E-state index contributed by atoms with van der Waals surface area (Å²) in [5.41, 5.74) is 0.992. The third-order valence-corrected chi connectivity index (χ3v) is 6.28. The predicted octanol–water partition coefficient (Wildman–Crippen LogP) is 3.95. The summed E-state index contributed by atoms with van der Waals surface area (Å²) in [5.74, 6) is -0.995. The first-order valence-corrected chi connectivity index (χ1v) is 10.3. The molecule has 3 aromatic rings. The van der Waals surface area contributed by atoms with Crippen LogP contribution in [0.2, 0.25) is 5.02 Å². The predicted molar refractivity (Wildman–Crippen MR) is 109 cm³/mol. The summed E-state index contributed by atoms with van der Waals surface area (Å²) < 4.78 is 39.7. The van der Waals surface area contributed by atoms with Crippen molar-refractivity contribution < 1.29 is 17.6 Å². The maximum atomic E-state index is 13.1. The van der Waals surface area contributed by atoms with Gasteiger partial charge >= 0.3 is 0 Å². The van der Waals surface area contributed by atoms with Crippen LogP contribution in [0.1, 0.15) is 16.1 Å². The van der Waals surface area contributed by atoms with Gasteiger partial charge in [0.05, 0.1) is 15.6 Å². The maximum absolute atomic E-state index is 13.1. The second-order valence-corrected chi connectivity index (χ2v) is 8.61. The highest BCUT2D eigenvalue weighted by Crippen LogP contribution is 2.28. The summed E-state index contributed by atoms with van der Waals surface area (Å²) in [4.78, 5) is 16.4. The van der Waals surface area contributed by atoms with Gasteiger partial charge in [-0.1, -0.05) is 29.8 Å². The Morgan fingerprint density at radius 1 is 1.10 bits per heavy atom. The Bertz CT molecular complexity index is 1120. The Kier molecular flexibility index (Phi) is 6.26. The van der Waals surface area contributed by atoms with Gasteiger partial charge in [0.25, 0.3) is 5.91 Å². The molecule has 0 aliphatic rings. The van der Waals surface area contributed by atoms with Crippen molar-refractivity contribution in [3.05, 3.63) is 89.0 Å². The second-order valence-electron chi connectivity index (χ2n) is 6.16. The molecule has 0 saturated heterocycles. The fourth-order valence-corrected chi connectivity index (χ4v) is 4.02. The van der Waals surface area contributed by atoms with Gasteiger partial charge in [-0.25, -0.2) is 12.8 Å². The Labute approximate surface area is 173 Å². The minimum Gasteiger partial charge on any atom is -0.319 e. The fraction of sp³-hybridized carbons (Fsp3) is 0.100. The standard InChI is InChI=1S/C20H17ClFN3O3S/c1-25(29(27,28)16-10-8-15(22)9-11-16)13-14-5-4-6-17(21)19(14)24-20(26)18-7-2-3-12-23-18/h2-12H,13H2,1H3,(H,24,26). The molecule has 0 unspecified atom stereocenters. The Balaban J connectivity index is 1.87. The van der Waals surface area contributed by atoms with E-state index >= 15 is 0 Å².